The van der Waals surface area contributed by atoms with Crippen molar-refractivity contribution in [2.45, 2.75) is 19.9 Å². The first-order valence-electron chi connectivity index (χ1n) is 11.1. The molecule has 0 saturated carbocycles. The number of halogens is 2. The monoisotopic (exact) mass is 483 g/mol. The van der Waals surface area contributed by atoms with Gasteiger partial charge in [0.05, 0.1) is 10.0 Å². The number of amides is 2. The van der Waals surface area contributed by atoms with Crippen molar-refractivity contribution in [1.82, 2.24) is 10.2 Å². The maximum absolute atomic E-state index is 13.4. The normalized spacial score (nSPS) is 15.1. The lowest BCUT2D eigenvalue weighted by molar-refractivity contribution is -0.134. The van der Waals surface area contributed by atoms with Gasteiger partial charge in [-0.05, 0) is 41.0 Å². The van der Waals surface area contributed by atoms with Crippen molar-refractivity contribution < 1.29 is 9.59 Å². The summed E-state index contributed by atoms with van der Waals surface area (Å²) in [6.07, 6.45) is 0. The summed E-state index contributed by atoms with van der Waals surface area (Å²) in [4.78, 5) is 30.5. The SMILES string of the molecule is CC(C)[C@@H](NC(=O)c1cccc2ccccc12)C(=O)N1CCN(c2ccc(Cl)c(Cl)c2)CC1. The van der Waals surface area contributed by atoms with Crippen molar-refractivity contribution in [2.75, 3.05) is 31.1 Å². The van der Waals surface area contributed by atoms with E-state index in [2.05, 4.69) is 10.2 Å². The van der Waals surface area contributed by atoms with Crippen molar-refractivity contribution in [2.24, 2.45) is 5.92 Å². The molecule has 2 amide bonds. The van der Waals surface area contributed by atoms with Crippen LogP contribution in [0, 0.1) is 5.92 Å². The predicted octanol–water partition coefficient (Wildman–Crippen LogP) is 5.25. The Labute approximate surface area is 204 Å². The second-order valence-corrected chi connectivity index (χ2v) is 9.45. The highest BCUT2D eigenvalue weighted by atomic mass is 35.5. The number of anilines is 1. The van der Waals surface area contributed by atoms with E-state index < -0.39 is 6.04 Å². The fourth-order valence-electron chi connectivity index (χ4n) is 4.22. The third kappa shape index (κ3) is 5.10. The highest BCUT2D eigenvalue weighted by molar-refractivity contribution is 6.42. The number of fused-ring (bicyclic) bond motifs is 1. The average molecular weight is 484 g/mol. The minimum atomic E-state index is -0.590. The van der Waals surface area contributed by atoms with Crippen molar-refractivity contribution in [3.63, 3.8) is 0 Å². The van der Waals surface area contributed by atoms with Crippen LogP contribution in [-0.4, -0.2) is 48.9 Å². The maximum atomic E-state index is 13.4. The van der Waals surface area contributed by atoms with Crippen molar-refractivity contribution in [3.05, 3.63) is 76.3 Å². The van der Waals surface area contributed by atoms with E-state index in [0.717, 1.165) is 16.5 Å². The molecule has 0 spiro atoms. The van der Waals surface area contributed by atoms with E-state index in [9.17, 15) is 9.59 Å². The Kier molecular flexibility index (Phi) is 7.11. The van der Waals surface area contributed by atoms with Crippen LogP contribution < -0.4 is 10.2 Å². The van der Waals surface area contributed by atoms with E-state index >= 15 is 0 Å². The van der Waals surface area contributed by atoms with Crippen molar-refractivity contribution >= 4 is 51.5 Å². The van der Waals surface area contributed by atoms with Crippen molar-refractivity contribution in [3.8, 4) is 0 Å². The Morgan fingerprint density at radius 1 is 0.879 bits per heavy atom. The van der Waals surface area contributed by atoms with Gasteiger partial charge in [-0.25, -0.2) is 0 Å². The summed E-state index contributed by atoms with van der Waals surface area (Å²) in [6.45, 7) is 6.44. The Balaban J connectivity index is 1.44. The van der Waals surface area contributed by atoms with E-state index in [1.807, 2.05) is 67.3 Å². The minimum Gasteiger partial charge on any atom is -0.368 e. The molecule has 0 aromatic heterocycles. The molecule has 4 rings (SSSR count). The largest absolute Gasteiger partial charge is 0.368 e. The average Bonchev–Trinajstić information content (AvgIpc) is 2.83. The summed E-state index contributed by atoms with van der Waals surface area (Å²) in [5, 5.41) is 5.92. The topological polar surface area (TPSA) is 52.7 Å². The third-order valence-corrected chi connectivity index (χ3v) is 6.85. The van der Waals surface area contributed by atoms with Gasteiger partial charge in [0.15, 0.2) is 0 Å². The molecule has 7 heteroatoms. The van der Waals surface area contributed by atoms with Gasteiger partial charge in [-0.2, -0.15) is 0 Å². The number of piperazine rings is 1. The zero-order valence-corrected chi connectivity index (χ0v) is 20.2. The van der Waals surface area contributed by atoms with Crippen LogP contribution in [0.4, 0.5) is 5.69 Å². The van der Waals surface area contributed by atoms with Gasteiger partial charge >= 0.3 is 0 Å². The minimum absolute atomic E-state index is 0.0375. The van der Waals surface area contributed by atoms with Crippen LogP contribution in [-0.2, 0) is 4.79 Å². The van der Waals surface area contributed by atoms with Gasteiger partial charge in [0.25, 0.3) is 5.91 Å². The molecule has 1 fully saturated rings. The van der Waals surface area contributed by atoms with E-state index in [0.29, 0.717) is 41.8 Å². The number of hydrogen-bond acceptors (Lipinski definition) is 3. The summed E-state index contributed by atoms with van der Waals surface area (Å²) >= 11 is 12.2. The molecule has 33 heavy (non-hydrogen) atoms. The Morgan fingerprint density at radius 2 is 1.58 bits per heavy atom. The molecule has 0 bridgehead atoms. The first-order valence-corrected chi connectivity index (χ1v) is 11.9. The fraction of sp³-hybridized carbons (Fsp3) is 0.308. The van der Waals surface area contributed by atoms with Gasteiger partial charge in [0, 0.05) is 37.4 Å². The molecule has 0 radical (unpaired) electrons. The lowest BCUT2D eigenvalue weighted by Gasteiger charge is -2.38. The van der Waals surface area contributed by atoms with Crippen LogP contribution in [0.5, 0.6) is 0 Å². The van der Waals surface area contributed by atoms with E-state index in [4.69, 9.17) is 23.2 Å². The molecule has 172 valence electrons. The molecule has 0 aliphatic carbocycles. The van der Waals surface area contributed by atoms with Gasteiger partial charge in [-0.3, -0.25) is 9.59 Å². The second-order valence-electron chi connectivity index (χ2n) is 8.63. The predicted molar refractivity (Wildman–Crippen MR) is 135 cm³/mol. The van der Waals surface area contributed by atoms with Crippen molar-refractivity contribution in [1.29, 1.82) is 0 Å². The second kappa shape index (κ2) is 10.0. The number of carbonyl (C=O) groups excluding carboxylic acids is 2. The van der Waals surface area contributed by atoms with Crippen LogP contribution in [0.2, 0.25) is 10.0 Å². The number of rotatable bonds is 5. The standard InChI is InChI=1S/C26H27Cl2N3O2/c1-17(2)24(29-25(32)21-9-5-7-18-6-3-4-8-20(18)21)26(33)31-14-12-30(13-15-31)19-10-11-22(27)23(28)16-19/h3-11,16-17,24H,12-15H2,1-2H3,(H,29,32)/t24-/m1/s1. The Bertz CT molecular complexity index is 1170. The third-order valence-electron chi connectivity index (χ3n) is 6.11. The smallest absolute Gasteiger partial charge is 0.252 e. The molecule has 3 aromatic carbocycles. The molecule has 3 aromatic rings. The van der Waals surface area contributed by atoms with E-state index in [-0.39, 0.29) is 17.7 Å². The highest BCUT2D eigenvalue weighted by Crippen LogP contribution is 2.28. The van der Waals surface area contributed by atoms with E-state index in [1.54, 1.807) is 12.1 Å². The number of nitrogens with zero attached hydrogens (tertiary/aromatic N) is 2. The van der Waals surface area contributed by atoms with Crippen LogP contribution >= 0.6 is 23.2 Å². The summed E-state index contributed by atoms with van der Waals surface area (Å²) in [6, 6.07) is 18.4. The van der Waals surface area contributed by atoms with Gasteiger partial charge in [0.2, 0.25) is 5.91 Å². The van der Waals surface area contributed by atoms with Gasteiger partial charge in [-0.15, -0.1) is 0 Å². The first-order chi connectivity index (χ1) is 15.8. The molecule has 5 nitrogen and oxygen atoms in total. The molecule has 1 aliphatic heterocycles. The summed E-state index contributed by atoms with van der Waals surface area (Å²) in [7, 11) is 0. The van der Waals surface area contributed by atoms with Crippen LogP contribution in [0.25, 0.3) is 10.8 Å². The molecular formula is C26H27Cl2N3O2. The number of hydrogen-bond donors (Lipinski definition) is 1. The maximum Gasteiger partial charge on any atom is 0.252 e. The molecule has 1 N–H and O–H groups in total. The highest BCUT2D eigenvalue weighted by Gasteiger charge is 2.31. The lowest BCUT2D eigenvalue weighted by Crippen LogP contribution is -2.56. The molecule has 1 aliphatic rings. The molecule has 0 unspecified atom stereocenters. The zero-order chi connectivity index (χ0) is 23.5. The first kappa shape index (κ1) is 23.4. The molecular weight excluding hydrogens is 457 g/mol. The number of nitrogens with one attached hydrogen (secondary N) is 1. The molecule has 1 atom stereocenters. The summed E-state index contributed by atoms with van der Waals surface area (Å²) < 4.78 is 0. The Hall–Kier alpha value is -2.76. The number of carbonyl (C=O) groups is 2. The van der Waals surface area contributed by atoms with Gasteiger partial charge < -0.3 is 15.1 Å². The summed E-state index contributed by atoms with van der Waals surface area (Å²) in [5.74, 6) is -0.315. The quantitative estimate of drug-likeness (QED) is 0.538. The van der Waals surface area contributed by atoms with Crippen LogP contribution in [0.1, 0.15) is 24.2 Å². The number of benzene rings is 3. The molecule has 1 saturated heterocycles. The molecule has 1 heterocycles. The van der Waals surface area contributed by atoms with Crippen LogP contribution in [0.15, 0.2) is 60.7 Å². The summed E-state index contributed by atoms with van der Waals surface area (Å²) in [5.41, 5.74) is 1.57. The lowest BCUT2D eigenvalue weighted by atomic mass is 10.00. The van der Waals surface area contributed by atoms with Gasteiger partial charge in [0.1, 0.15) is 6.04 Å². The van der Waals surface area contributed by atoms with Crippen LogP contribution in [0.3, 0.4) is 0 Å². The van der Waals surface area contributed by atoms with E-state index in [1.165, 1.54) is 0 Å². The fourth-order valence-corrected chi connectivity index (χ4v) is 4.51. The zero-order valence-electron chi connectivity index (χ0n) is 18.7. The Morgan fingerprint density at radius 3 is 2.27 bits per heavy atom. The van der Waals surface area contributed by atoms with Gasteiger partial charge in [-0.1, -0.05) is 73.4 Å².